The first kappa shape index (κ1) is 18.4. The van der Waals surface area contributed by atoms with Gasteiger partial charge < -0.3 is 14.4 Å². The van der Waals surface area contributed by atoms with Gasteiger partial charge in [0.25, 0.3) is 10.1 Å². The van der Waals surface area contributed by atoms with E-state index in [2.05, 4.69) is 0 Å². The van der Waals surface area contributed by atoms with Crippen LogP contribution in [0.15, 0.2) is 64.9 Å². The predicted octanol–water partition coefficient (Wildman–Crippen LogP) is 1.42. The van der Waals surface area contributed by atoms with Crippen molar-refractivity contribution in [2.24, 2.45) is 0 Å². The van der Waals surface area contributed by atoms with Crippen LogP contribution in [0.25, 0.3) is 0 Å². The molecule has 0 atom stereocenters. The minimum Gasteiger partial charge on any atom is -0.465 e. The lowest BCUT2D eigenvalue weighted by Crippen LogP contribution is -2.26. The van der Waals surface area contributed by atoms with Gasteiger partial charge in [-0.25, -0.2) is 9.59 Å². The molecule has 1 heterocycles. The molecule has 25 heavy (non-hydrogen) atoms. The summed E-state index contributed by atoms with van der Waals surface area (Å²) >= 11 is 0. The van der Waals surface area contributed by atoms with Gasteiger partial charge in [0.1, 0.15) is 5.70 Å². The highest BCUT2D eigenvalue weighted by Gasteiger charge is 2.27. The zero-order valence-electron chi connectivity index (χ0n) is 13.4. The average Bonchev–Trinajstić information content (AvgIpc) is 2.82. The van der Waals surface area contributed by atoms with Crippen molar-refractivity contribution in [1.82, 2.24) is 0 Å². The van der Waals surface area contributed by atoms with Gasteiger partial charge in [-0.05, 0) is 36.4 Å². The fourth-order valence-corrected chi connectivity index (χ4v) is 2.62. The van der Waals surface area contributed by atoms with Gasteiger partial charge in [-0.3, -0.25) is 4.55 Å². The Morgan fingerprint density at radius 3 is 2.12 bits per heavy atom. The van der Waals surface area contributed by atoms with Crippen molar-refractivity contribution in [3.05, 3.63) is 60.0 Å². The highest BCUT2D eigenvalue weighted by molar-refractivity contribution is 7.85. The summed E-state index contributed by atoms with van der Waals surface area (Å²) in [4.78, 5) is 25.3. The number of nitrogens with zero attached hydrogens (tertiary/aromatic N) is 1. The number of benzene rings is 1. The molecule has 0 aliphatic carbocycles. The van der Waals surface area contributed by atoms with Crippen LogP contribution in [-0.2, 0) is 29.2 Å². The van der Waals surface area contributed by atoms with E-state index in [0.29, 0.717) is 5.69 Å². The van der Waals surface area contributed by atoms with E-state index in [9.17, 15) is 18.0 Å². The van der Waals surface area contributed by atoms with E-state index < -0.39 is 22.1 Å². The number of carbonyl (C=O) groups excluding carboxylic acids is 2. The molecular weight excluding hydrogens is 350 g/mol. The normalized spacial score (nSPS) is 14.3. The van der Waals surface area contributed by atoms with Crippen molar-refractivity contribution in [2.75, 3.05) is 19.1 Å². The van der Waals surface area contributed by atoms with E-state index in [1.807, 2.05) is 0 Å². The van der Waals surface area contributed by atoms with Gasteiger partial charge in [0.2, 0.25) is 0 Å². The molecule has 1 N–H and O–H groups in total. The van der Waals surface area contributed by atoms with Crippen LogP contribution >= 0.6 is 0 Å². The molecule has 9 heteroatoms. The number of esters is 2. The maximum Gasteiger partial charge on any atom is 0.355 e. The summed E-state index contributed by atoms with van der Waals surface area (Å²) in [5.74, 6) is -1.52. The SMILES string of the molecule is COC(=O)C1=C(C(=O)OC)N(c2ccc(S(=O)(=O)O)cc2)C=CC=C1. The molecule has 0 bridgehead atoms. The molecule has 132 valence electrons. The van der Waals surface area contributed by atoms with Crippen LogP contribution < -0.4 is 4.90 Å². The fourth-order valence-electron chi connectivity index (χ4n) is 2.14. The topological polar surface area (TPSA) is 110 Å². The molecule has 0 saturated heterocycles. The van der Waals surface area contributed by atoms with Crippen molar-refractivity contribution in [2.45, 2.75) is 4.90 Å². The van der Waals surface area contributed by atoms with Crippen molar-refractivity contribution in [3.8, 4) is 0 Å². The summed E-state index contributed by atoms with van der Waals surface area (Å²) < 4.78 is 40.8. The summed E-state index contributed by atoms with van der Waals surface area (Å²) in [5, 5.41) is 0. The molecule has 2 rings (SSSR count). The Labute approximate surface area is 144 Å². The Bertz CT molecular complexity index is 880. The third-order valence-corrected chi connectivity index (χ3v) is 4.17. The van der Waals surface area contributed by atoms with Gasteiger partial charge >= 0.3 is 11.9 Å². The van der Waals surface area contributed by atoms with Crippen molar-refractivity contribution in [1.29, 1.82) is 0 Å². The van der Waals surface area contributed by atoms with Gasteiger partial charge in [-0.15, -0.1) is 0 Å². The number of hydrogen-bond acceptors (Lipinski definition) is 7. The molecule has 0 saturated carbocycles. The number of hydrogen-bond donors (Lipinski definition) is 1. The van der Waals surface area contributed by atoms with Crippen LogP contribution in [0.5, 0.6) is 0 Å². The molecule has 0 aromatic heterocycles. The molecule has 0 spiro atoms. The Morgan fingerprint density at radius 1 is 1.00 bits per heavy atom. The van der Waals surface area contributed by atoms with E-state index in [1.54, 1.807) is 12.2 Å². The molecule has 1 aliphatic rings. The van der Waals surface area contributed by atoms with Gasteiger partial charge in [0.05, 0.1) is 24.7 Å². The first-order valence-electron chi connectivity index (χ1n) is 6.92. The van der Waals surface area contributed by atoms with Crippen molar-refractivity contribution >= 4 is 27.7 Å². The van der Waals surface area contributed by atoms with Crippen LogP contribution in [0.4, 0.5) is 5.69 Å². The molecule has 0 amide bonds. The zero-order valence-corrected chi connectivity index (χ0v) is 14.2. The van der Waals surface area contributed by atoms with Crippen molar-refractivity contribution in [3.63, 3.8) is 0 Å². The Kier molecular flexibility index (Phi) is 5.40. The van der Waals surface area contributed by atoms with Crippen molar-refractivity contribution < 1.29 is 32.0 Å². The Morgan fingerprint density at radius 2 is 1.60 bits per heavy atom. The standard InChI is InChI=1S/C16H15NO7S/c1-23-15(18)13-5-3-4-10-17(14(13)16(19)24-2)11-6-8-12(9-7-11)25(20,21)22/h3-10H,1-2H3,(H,20,21,22). The molecule has 8 nitrogen and oxygen atoms in total. The second kappa shape index (κ2) is 7.32. The first-order valence-corrected chi connectivity index (χ1v) is 8.36. The average molecular weight is 365 g/mol. The lowest BCUT2D eigenvalue weighted by molar-refractivity contribution is -0.139. The fraction of sp³-hybridized carbons (Fsp3) is 0.125. The van der Waals surface area contributed by atoms with Crippen LogP contribution in [0, 0.1) is 0 Å². The lowest BCUT2D eigenvalue weighted by atomic mass is 10.1. The summed E-state index contributed by atoms with van der Waals surface area (Å²) in [6.07, 6.45) is 6.03. The van der Waals surface area contributed by atoms with E-state index in [-0.39, 0.29) is 16.2 Å². The predicted molar refractivity (Wildman–Crippen MR) is 88.1 cm³/mol. The minimum absolute atomic E-state index is 0.0294. The smallest absolute Gasteiger partial charge is 0.355 e. The third-order valence-electron chi connectivity index (χ3n) is 3.30. The van der Waals surface area contributed by atoms with Crippen LogP contribution in [0.3, 0.4) is 0 Å². The number of ether oxygens (including phenoxy) is 2. The molecule has 1 aliphatic heterocycles. The summed E-state index contributed by atoms with van der Waals surface area (Å²) in [6, 6.07) is 5.08. The molecule has 1 aromatic carbocycles. The first-order chi connectivity index (χ1) is 11.8. The summed E-state index contributed by atoms with van der Waals surface area (Å²) in [5.41, 5.74) is 0.242. The second-order valence-corrected chi connectivity index (χ2v) is 6.21. The number of rotatable bonds is 4. The van der Waals surface area contributed by atoms with E-state index in [0.717, 1.165) is 0 Å². The maximum absolute atomic E-state index is 12.2. The quantitative estimate of drug-likeness (QED) is 0.630. The Hall–Kier alpha value is -2.91. The van der Waals surface area contributed by atoms with Gasteiger partial charge in [-0.1, -0.05) is 6.08 Å². The third kappa shape index (κ3) is 3.95. The summed E-state index contributed by atoms with van der Waals surface area (Å²) in [6.45, 7) is 0. The van der Waals surface area contributed by atoms with E-state index >= 15 is 0 Å². The number of anilines is 1. The molecule has 0 fully saturated rings. The van der Waals surface area contributed by atoms with Gasteiger partial charge in [-0.2, -0.15) is 8.42 Å². The second-order valence-electron chi connectivity index (χ2n) is 4.79. The highest BCUT2D eigenvalue weighted by Crippen LogP contribution is 2.27. The number of allylic oxidation sites excluding steroid dienone is 2. The van der Waals surface area contributed by atoms with Crippen LogP contribution in [-0.4, -0.2) is 39.1 Å². The molecule has 0 unspecified atom stereocenters. The number of methoxy groups -OCH3 is 2. The molecule has 1 aromatic rings. The minimum atomic E-state index is -4.35. The highest BCUT2D eigenvalue weighted by atomic mass is 32.2. The number of carbonyl (C=O) groups is 2. The van der Waals surface area contributed by atoms with Gasteiger partial charge in [0.15, 0.2) is 0 Å². The largest absolute Gasteiger partial charge is 0.465 e. The summed E-state index contributed by atoms with van der Waals surface area (Å²) in [7, 11) is -2.00. The van der Waals surface area contributed by atoms with Crippen LogP contribution in [0.1, 0.15) is 0 Å². The lowest BCUT2D eigenvalue weighted by Gasteiger charge is -2.23. The maximum atomic E-state index is 12.2. The Balaban J connectivity index is 2.60. The van der Waals surface area contributed by atoms with Crippen LogP contribution in [0.2, 0.25) is 0 Å². The monoisotopic (exact) mass is 365 g/mol. The van der Waals surface area contributed by atoms with Gasteiger partial charge in [0, 0.05) is 11.9 Å². The molecule has 0 radical (unpaired) electrons. The van der Waals surface area contributed by atoms with E-state index in [1.165, 1.54) is 55.7 Å². The molecular formula is C16H15NO7S. The zero-order chi connectivity index (χ0) is 18.6. The van der Waals surface area contributed by atoms with E-state index in [4.69, 9.17) is 14.0 Å².